The normalized spacial score (nSPS) is 18.6. The number of nitrogens with zero attached hydrogens (tertiary/aromatic N) is 1. The number of sulfonamides is 1. The standard InChI is InChI=1S/C14H22ClNO3S/c1-3-4-12-5-7-16(8-6-12)20(17,18)14-9-13(10-15)19-11(14)2/h9,12H,3-8,10H2,1-2H3. The van der Waals surface area contributed by atoms with Gasteiger partial charge in [0.25, 0.3) is 0 Å². The van der Waals surface area contributed by atoms with Gasteiger partial charge in [-0.2, -0.15) is 4.31 Å². The molecule has 0 atom stereocenters. The minimum Gasteiger partial charge on any atom is -0.464 e. The molecule has 0 amide bonds. The first-order chi connectivity index (χ1) is 9.48. The molecule has 0 bridgehead atoms. The highest BCUT2D eigenvalue weighted by molar-refractivity contribution is 7.89. The number of piperidine rings is 1. The van der Waals surface area contributed by atoms with Gasteiger partial charge in [0.05, 0.1) is 5.88 Å². The number of halogens is 1. The van der Waals surface area contributed by atoms with Gasteiger partial charge in [0, 0.05) is 19.2 Å². The van der Waals surface area contributed by atoms with E-state index in [1.165, 1.54) is 6.42 Å². The average Bonchev–Trinajstić information content (AvgIpc) is 2.82. The van der Waals surface area contributed by atoms with Gasteiger partial charge in [0.2, 0.25) is 10.0 Å². The maximum atomic E-state index is 12.6. The first-order valence-electron chi connectivity index (χ1n) is 7.14. The Morgan fingerprint density at radius 2 is 2.05 bits per heavy atom. The van der Waals surface area contributed by atoms with Gasteiger partial charge in [0.15, 0.2) is 0 Å². The van der Waals surface area contributed by atoms with Crippen LogP contribution in [0.3, 0.4) is 0 Å². The summed E-state index contributed by atoms with van der Waals surface area (Å²) in [4.78, 5) is 0.266. The second-order valence-corrected chi connectivity index (χ2v) is 7.58. The molecule has 0 aromatic carbocycles. The molecule has 2 rings (SSSR count). The Labute approximate surface area is 126 Å². The Morgan fingerprint density at radius 3 is 2.55 bits per heavy atom. The zero-order valence-corrected chi connectivity index (χ0v) is 13.6. The minimum atomic E-state index is -3.44. The van der Waals surface area contributed by atoms with Crippen molar-refractivity contribution in [3.8, 4) is 0 Å². The van der Waals surface area contributed by atoms with E-state index in [4.69, 9.17) is 16.0 Å². The number of alkyl halides is 1. The Hall–Kier alpha value is -0.520. The van der Waals surface area contributed by atoms with Crippen molar-refractivity contribution in [1.29, 1.82) is 0 Å². The molecule has 0 unspecified atom stereocenters. The highest BCUT2D eigenvalue weighted by Gasteiger charge is 2.31. The van der Waals surface area contributed by atoms with E-state index < -0.39 is 10.0 Å². The quantitative estimate of drug-likeness (QED) is 0.780. The summed E-state index contributed by atoms with van der Waals surface area (Å²) in [6, 6.07) is 1.55. The predicted molar refractivity (Wildman–Crippen MR) is 79.4 cm³/mol. The smallest absolute Gasteiger partial charge is 0.246 e. The van der Waals surface area contributed by atoms with Crippen LogP contribution in [0.25, 0.3) is 0 Å². The lowest BCUT2D eigenvalue weighted by Gasteiger charge is -2.30. The molecule has 1 saturated heterocycles. The second kappa shape index (κ2) is 6.50. The summed E-state index contributed by atoms with van der Waals surface area (Å²) >= 11 is 5.70. The third kappa shape index (κ3) is 3.21. The van der Waals surface area contributed by atoms with E-state index in [1.54, 1.807) is 17.3 Å². The van der Waals surface area contributed by atoms with Crippen LogP contribution in [0.1, 0.15) is 44.1 Å². The summed E-state index contributed by atoms with van der Waals surface area (Å²) < 4.78 is 32.2. The SMILES string of the molecule is CCCC1CCN(S(=O)(=O)c2cc(CCl)oc2C)CC1. The molecule has 0 radical (unpaired) electrons. The van der Waals surface area contributed by atoms with Crippen molar-refractivity contribution in [2.45, 2.75) is 50.3 Å². The van der Waals surface area contributed by atoms with Gasteiger partial charge >= 0.3 is 0 Å². The molecule has 0 spiro atoms. The molecule has 1 fully saturated rings. The van der Waals surface area contributed by atoms with E-state index in [1.807, 2.05) is 0 Å². The summed E-state index contributed by atoms with van der Waals surface area (Å²) in [6.45, 7) is 5.06. The molecule has 4 nitrogen and oxygen atoms in total. The zero-order valence-electron chi connectivity index (χ0n) is 12.1. The number of aryl methyl sites for hydroxylation is 1. The van der Waals surface area contributed by atoms with E-state index in [0.717, 1.165) is 19.3 Å². The van der Waals surface area contributed by atoms with Crippen LogP contribution in [-0.2, 0) is 15.9 Å². The number of hydrogen-bond acceptors (Lipinski definition) is 3. The van der Waals surface area contributed by atoms with Gasteiger partial charge in [-0.3, -0.25) is 0 Å². The average molecular weight is 320 g/mol. The Kier molecular flexibility index (Phi) is 5.15. The summed E-state index contributed by atoms with van der Waals surface area (Å²) in [5.41, 5.74) is 0. The van der Waals surface area contributed by atoms with Crippen LogP contribution in [0.4, 0.5) is 0 Å². The Bertz CT molecular complexity index is 545. The fourth-order valence-corrected chi connectivity index (χ4v) is 4.62. The molecular formula is C14H22ClNO3S. The fourth-order valence-electron chi connectivity index (χ4n) is 2.83. The van der Waals surface area contributed by atoms with Gasteiger partial charge in [-0.15, -0.1) is 11.6 Å². The van der Waals surface area contributed by atoms with Crippen LogP contribution in [0, 0.1) is 12.8 Å². The van der Waals surface area contributed by atoms with E-state index >= 15 is 0 Å². The third-order valence-corrected chi connectivity index (χ3v) is 6.21. The van der Waals surface area contributed by atoms with E-state index in [2.05, 4.69) is 6.92 Å². The van der Waals surface area contributed by atoms with Crippen LogP contribution in [0.15, 0.2) is 15.4 Å². The highest BCUT2D eigenvalue weighted by atomic mass is 35.5. The molecule has 0 N–H and O–H groups in total. The molecule has 6 heteroatoms. The molecule has 114 valence electrons. The predicted octanol–water partition coefficient (Wildman–Crippen LogP) is 3.53. The molecule has 1 aromatic rings. The molecule has 20 heavy (non-hydrogen) atoms. The van der Waals surface area contributed by atoms with Gasteiger partial charge in [-0.05, 0) is 25.7 Å². The van der Waals surface area contributed by atoms with Crippen LogP contribution < -0.4 is 0 Å². The maximum absolute atomic E-state index is 12.6. The number of rotatable bonds is 5. The van der Waals surface area contributed by atoms with E-state index in [9.17, 15) is 8.42 Å². The summed E-state index contributed by atoms with van der Waals surface area (Å²) in [7, 11) is -3.44. The minimum absolute atomic E-state index is 0.189. The number of furan rings is 1. The lowest BCUT2D eigenvalue weighted by Crippen LogP contribution is -2.38. The van der Waals surface area contributed by atoms with Crippen molar-refractivity contribution in [3.63, 3.8) is 0 Å². The Morgan fingerprint density at radius 1 is 1.40 bits per heavy atom. The van der Waals surface area contributed by atoms with Crippen LogP contribution in [0.5, 0.6) is 0 Å². The first-order valence-corrected chi connectivity index (χ1v) is 9.12. The van der Waals surface area contributed by atoms with Crippen LogP contribution >= 0.6 is 11.6 Å². The number of hydrogen-bond donors (Lipinski definition) is 0. The van der Waals surface area contributed by atoms with E-state index in [-0.39, 0.29) is 10.8 Å². The highest BCUT2D eigenvalue weighted by Crippen LogP contribution is 2.29. The molecule has 1 aliphatic rings. The fraction of sp³-hybridized carbons (Fsp3) is 0.714. The molecule has 1 aliphatic heterocycles. The molecule has 1 aromatic heterocycles. The van der Waals surface area contributed by atoms with Crippen molar-refractivity contribution in [2.24, 2.45) is 5.92 Å². The van der Waals surface area contributed by atoms with Crippen molar-refractivity contribution in [3.05, 3.63) is 17.6 Å². The van der Waals surface area contributed by atoms with Gasteiger partial charge in [-0.1, -0.05) is 19.8 Å². The largest absolute Gasteiger partial charge is 0.464 e. The monoisotopic (exact) mass is 319 g/mol. The van der Waals surface area contributed by atoms with Gasteiger partial charge < -0.3 is 4.42 Å². The van der Waals surface area contributed by atoms with Crippen molar-refractivity contribution >= 4 is 21.6 Å². The summed E-state index contributed by atoms with van der Waals surface area (Å²) in [6.07, 6.45) is 4.25. The lowest BCUT2D eigenvalue weighted by molar-refractivity contribution is 0.262. The first kappa shape index (κ1) is 15.9. The lowest BCUT2D eigenvalue weighted by atomic mass is 9.94. The van der Waals surface area contributed by atoms with Crippen LogP contribution in [0.2, 0.25) is 0 Å². The van der Waals surface area contributed by atoms with Gasteiger partial charge in [-0.25, -0.2) is 8.42 Å². The second-order valence-electron chi connectivity index (χ2n) is 5.40. The van der Waals surface area contributed by atoms with Crippen LogP contribution in [-0.4, -0.2) is 25.8 Å². The Balaban J connectivity index is 2.13. The zero-order chi connectivity index (χ0) is 14.8. The van der Waals surface area contributed by atoms with Gasteiger partial charge in [0.1, 0.15) is 16.4 Å². The molecular weight excluding hydrogens is 298 g/mol. The molecule has 0 saturated carbocycles. The molecule has 2 heterocycles. The van der Waals surface area contributed by atoms with Crippen molar-refractivity contribution in [2.75, 3.05) is 13.1 Å². The van der Waals surface area contributed by atoms with E-state index in [0.29, 0.717) is 30.5 Å². The summed E-state index contributed by atoms with van der Waals surface area (Å²) in [5, 5.41) is 0. The maximum Gasteiger partial charge on any atom is 0.246 e. The topological polar surface area (TPSA) is 50.5 Å². The van der Waals surface area contributed by atoms with Crippen molar-refractivity contribution < 1.29 is 12.8 Å². The van der Waals surface area contributed by atoms with Crippen molar-refractivity contribution in [1.82, 2.24) is 4.31 Å². The third-order valence-electron chi connectivity index (χ3n) is 3.94. The summed E-state index contributed by atoms with van der Waals surface area (Å²) in [5.74, 6) is 1.78. The molecule has 0 aliphatic carbocycles.